The highest BCUT2D eigenvalue weighted by molar-refractivity contribution is 5.65. The molecule has 1 aromatic heterocycles. The quantitative estimate of drug-likeness (QED) is 0.587. The molecule has 0 saturated heterocycles. The molecule has 0 atom stereocenters. The molecule has 0 amide bonds. The van der Waals surface area contributed by atoms with Crippen LogP contribution in [0.2, 0.25) is 0 Å². The molecule has 0 radical (unpaired) electrons. The van der Waals surface area contributed by atoms with Crippen molar-refractivity contribution in [3.63, 3.8) is 0 Å². The molecule has 2 rings (SSSR count). The van der Waals surface area contributed by atoms with E-state index in [4.69, 9.17) is 0 Å². The second-order valence-electron chi connectivity index (χ2n) is 4.74. The molecule has 18 heavy (non-hydrogen) atoms. The third kappa shape index (κ3) is 2.30. The van der Waals surface area contributed by atoms with Gasteiger partial charge in [0.15, 0.2) is 0 Å². The van der Waals surface area contributed by atoms with Crippen molar-refractivity contribution in [2.45, 2.75) is 19.3 Å². The minimum Gasteiger partial charge on any atom is -0.396 e. The number of hydrogen-bond acceptors (Lipinski definition) is 4. The third-order valence-corrected chi connectivity index (χ3v) is 3.54. The molecule has 98 valence electrons. The Balaban J connectivity index is 2.30. The van der Waals surface area contributed by atoms with Crippen LogP contribution >= 0.6 is 0 Å². The molecule has 0 fully saturated rings. The number of rotatable bonds is 3. The van der Waals surface area contributed by atoms with E-state index in [2.05, 4.69) is 9.97 Å². The van der Waals surface area contributed by atoms with Crippen molar-refractivity contribution in [3.05, 3.63) is 38.7 Å². The molecule has 1 aliphatic carbocycles. The summed E-state index contributed by atoms with van der Waals surface area (Å²) >= 11 is 0. The normalized spacial score (nSPS) is 18.4. The van der Waals surface area contributed by atoms with Gasteiger partial charge in [0.25, 0.3) is 5.56 Å². The molecule has 1 aliphatic rings. The van der Waals surface area contributed by atoms with E-state index in [1.54, 1.807) is 0 Å². The van der Waals surface area contributed by atoms with Gasteiger partial charge in [-0.05, 0) is 24.8 Å². The Morgan fingerprint density at radius 2 is 2.00 bits per heavy atom. The van der Waals surface area contributed by atoms with E-state index in [1.165, 1.54) is 6.20 Å². The third-order valence-electron chi connectivity index (χ3n) is 3.54. The molecule has 6 heteroatoms. The number of aromatic nitrogens is 2. The molecule has 1 aromatic rings. The Hall–Kier alpha value is -1.66. The summed E-state index contributed by atoms with van der Waals surface area (Å²) in [7, 11) is 0. The van der Waals surface area contributed by atoms with Crippen molar-refractivity contribution >= 4 is 5.57 Å². The number of hydrogen-bond donors (Lipinski definition) is 4. The first-order valence-electron chi connectivity index (χ1n) is 5.83. The van der Waals surface area contributed by atoms with Gasteiger partial charge in [-0.15, -0.1) is 0 Å². The molecule has 0 aromatic carbocycles. The highest BCUT2D eigenvalue weighted by Gasteiger charge is 2.31. The maximum atomic E-state index is 11.6. The van der Waals surface area contributed by atoms with Crippen molar-refractivity contribution in [1.82, 2.24) is 9.97 Å². The molecule has 1 heterocycles. The van der Waals surface area contributed by atoms with Crippen molar-refractivity contribution in [2.75, 3.05) is 13.2 Å². The first-order valence-corrected chi connectivity index (χ1v) is 5.83. The number of aliphatic hydroxyl groups is 2. The van der Waals surface area contributed by atoms with E-state index in [1.807, 2.05) is 6.08 Å². The first kappa shape index (κ1) is 12.8. The lowest BCUT2D eigenvalue weighted by Gasteiger charge is -2.32. The average molecular weight is 252 g/mol. The van der Waals surface area contributed by atoms with Gasteiger partial charge in [0.2, 0.25) is 0 Å². The van der Waals surface area contributed by atoms with Crippen LogP contribution in [0.1, 0.15) is 24.8 Å². The van der Waals surface area contributed by atoms with E-state index >= 15 is 0 Å². The standard InChI is InChI=1S/C12H16N2O4/c15-6-12(7-16)3-1-8(2-4-12)9-5-13-11(18)14-10(9)17/h1,5,15-16H,2-4,6-7H2,(H2,13,14,17,18). The number of aromatic amines is 2. The molecule has 0 bridgehead atoms. The van der Waals surface area contributed by atoms with Crippen LogP contribution in [0.3, 0.4) is 0 Å². The molecular weight excluding hydrogens is 236 g/mol. The minimum atomic E-state index is -0.528. The fraction of sp³-hybridized carbons (Fsp3) is 0.500. The minimum absolute atomic E-state index is 0.0741. The molecule has 0 aliphatic heterocycles. The second kappa shape index (κ2) is 4.91. The van der Waals surface area contributed by atoms with Gasteiger partial charge in [0.1, 0.15) is 0 Å². The number of nitrogens with one attached hydrogen (secondary N) is 2. The molecule has 0 unspecified atom stereocenters. The SMILES string of the molecule is O=c1[nH]cc(C2=CCC(CO)(CO)CC2)c(=O)[nH]1. The second-order valence-corrected chi connectivity index (χ2v) is 4.74. The van der Waals surface area contributed by atoms with E-state index in [9.17, 15) is 19.8 Å². The van der Waals surface area contributed by atoms with Crippen molar-refractivity contribution in [1.29, 1.82) is 0 Å². The molecule has 0 saturated carbocycles. The van der Waals surface area contributed by atoms with Crippen LogP contribution in [0.25, 0.3) is 5.57 Å². The van der Waals surface area contributed by atoms with Crippen LogP contribution in [-0.2, 0) is 0 Å². The lowest BCUT2D eigenvalue weighted by molar-refractivity contribution is 0.0481. The van der Waals surface area contributed by atoms with Crippen molar-refractivity contribution in [3.8, 4) is 0 Å². The fourth-order valence-electron chi connectivity index (χ4n) is 2.17. The summed E-state index contributed by atoms with van der Waals surface area (Å²) in [6.07, 6.45) is 4.98. The van der Waals surface area contributed by atoms with Gasteiger partial charge in [-0.2, -0.15) is 0 Å². The summed E-state index contributed by atoms with van der Waals surface area (Å²) in [5.74, 6) is 0. The predicted octanol–water partition coefficient (Wildman–Crippen LogP) is -0.399. The topological polar surface area (TPSA) is 106 Å². The Morgan fingerprint density at radius 3 is 2.50 bits per heavy atom. The highest BCUT2D eigenvalue weighted by Crippen LogP contribution is 2.37. The van der Waals surface area contributed by atoms with Crippen LogP contribution < -0.4 is 11.2 Å². The highest BCUT2D eigenvalue weighted by atomic mass is 16.3. The Labute approximate surface area is 103 Å². The molecule has 0 spiro atoms. The van der Waals surface area contributed by atoms with Gasteiger partial charge in [0, 0.05) is 11.6 Å². The van der Waals surface area contributed by atoms with E-state index in [0.29, 0.717) is 24.8 Å². The summed E-state index contributed by atoms with van der Waals surface area (Å²) in [6, 6.07) is 0. The van der Waals surface area contributed by atoms with Crippen molar-refractivity contribution < 1.29 is 10.2 Å². The monoisotopic (exact) mass is 252 g/mol. The Bertz CT molecular complexity index is 566. The molecular formula is C12H16N2O4. The smallest absolute Gasteiger partial charge is 0.325 e. The first-order chi connectivity index (χ1) is 8.60. The van der Waals surface area contributed by atoms with Gasteiger partial charge < -0.3 is 15.2 Å². The zero-order valence-electron chi connectivity index (χ0n) is 9.90. The fourth-order valence-corrected chi connectivity index (χ4v) is 2.17. The molecule has 4 N–H and O–H groups in total. The lowest BCUT2D eigenvalue weighted by Crippen LogP contribution is -2.32. The van der Waals surface area contributed by atoms with Gasteiger partial charge in [0.05, 0.1) is 18.8 Å². The van der Waals surface area contributed by atoms with Crippen LogP contribution in [0.5, 0.6) is 0 Å². The zero-order valence-corrected chi connectivity index (χ0v) is 9.90. The van der Waals surface area contributed by atoms with Gasteiger partial charge in [-0.1, -0.05) is 6.08 Å². The van der Waals surface area contributed by atoms with E-state index < -0.39 is 16.7 Å². The average Bonchev–Trinajstić information content (AvgIpc) is 2.39. The summed E-state index contributed by atoms with van der Waals surface area (Å²) in [5, 5.41) is 18.6. The zero-order chi connectivity index (χ0) is 13.2. The number of H-pyrrole nitrogens is 2. The summed E-state index contributed by atoms with van der Waals surface area (Å²) in [5.41, 5.74) is -0.145. The maximum Gasteiger partial charge on any atom is 0.325 e. The molecule has 6 nitrogen and oxygen atoms in total. The van der Waals surface area contributed by atoms with E-state index in [-0.39, 0.29) is 13.2 Å². The number of aliphatic hydroxyl groups excluding tert-OH is 2. The predicted molar refractivity (Wildman–Crippen MR) is 66.1 cm³/mol. The Kier molecular flexibility index (Phi) is 3.49. The summed E-state index contributed by atoms with van der Waals surface area (Å²) in [4.78, 5) is 27.2. The number of allylic oxidation sites excluding steroid dienone is 2. The summed E-state index contributed by atoms with van der Waals surface area (Å²) in [6.45, 7) is -0.148. The van der Waals surface area contributed by atoms with Gasteiger partial charge in [-0.3, -0.25) is 9.78 Å². The van der Waals surface area contributed by atoms with E-state index in [0.717, 1.165) is 5.57 Å². The van der Waals surface area contributed by atoms with Crippen molar-refractivity contribution in [2.24, 2.45) is 5.41 Å². The Morgan fingerprint density at radius 1 is 1.28 bits per heavy atom. The van der Waals surface area contributed by atoms with Crippen LogP contribution in [0.15, 0.2) is 21.9 Å². The lowest BCUT2D eigenvalue weighted by atomic mass is 9.75. The van der Waals surface area contributed by atoms with Crippen LogP contribution in [0.4, 0.5) is 0 Å². The largest absolute Gasteiger partial charge is 0.396 e. The summed E-state index contributed by atoms with van der Waals surface area (Å²) < 4.78 is 0. The van der Waals surface area contributed by atoms with Gasteiger partial charge >= 0.3 is 5.69 Å². The van der Waals surface area contributed by atoms with Crippen LogP contribution in [-0.4, -0.2) is 33.4 Å². The maximum absolute atomic E-state index is 11.6. The van der Waals surface area contributed by atoms with Gasteiger partial charge in [-0.25, -0.2) is 4.79 Å². The van der Waals surface area contributed by atoms with Crippen LogP contribution in [0, 0.1) is 5.41 Å².